The number of aliphatic imine (C=N–C) groups is 2. The molecule has 0 fully saturated rings. The van der Waals surface area contributed by atoms with E-state index >= 15 is 0 Å². The maximum Gasteiger partial charge on any atom is 0.155 e. The van der Waals surface area contributed by atoms with E-state index < -0.39 is 0 Å². The summed E-state index contributed by atoms with van der Waals surface area (Å²) in [6.45, 7) is 4.24. The third kappa shape index (κ3) is 6.01. The summed E-state index contributed by atoms with van der Waals surface area (Å²) in [6.07, 6.45) is 0. The fraction of sp³-hybridized carbons (Fsp3) is 0.0588. The summed E-state index contributed by atoms with van der Waals surface area (Å²) in [6, 6.07) is 62.2. The maximum atomic E-state index is 6.56. The van der Waals surface area contributed by atoms with E-state index in [4.69, 9.17) is 14.4 Å². The Bertz CT molecular complexity index is 3110. The third-order valence-corrected chi connectivity index (χ3v) is 11.8. The number of hydrogen-bond donors (Lipinski definition) is 0. The van der Waals surface area contributed by atoms with Gasteiger partial charge in [-0.25, -0.2) is 4.99 Å². The number of furan rings is 1. The van der Waals surface area contributed by atoms with Gasteiger partial charge < -0.3 is 4.42 Å². The molecule has 0 radical (unpaired) electrons. The Kier molecular flexibility index (Phi) is 8.19. The molecule has 1 unspecified atom stereocenters. The van der Waals surface area contributed by atoms with E-state index in [9.17, 15) is 0 Å². The molecular formula is C51H36N2OS. The Hall–Kier alpha value is -6.62. The summed E-state index contributed by atoms with van der Waals surface area (Å²) < 4.78 is 9.14. The van der Waals surface area contributed by atoms with Gasteiger partial charge in [0.05, 0.1) is 6.04 Å². The Morgan fingerprint density at radius 2 is 1.24 bits per heavy atom. The van der Waals surface area contributed by atoms with E-state index in [1.54, 1.807) is 0 Å². The van der Waals surface area contributed by atoms with Crippen molar-refractivity contribution in [3.63, 3.8) is 0 Å². The van der Waals surface area contributed by atoms with Crippen molar-refractivity contribution in [2.75, 3.05) is 0 Å². The highest BCUT2D eigenvalue weighted by molar-refractivity contribution is 7.25. The first-order valence-corrected chi connectivity index (χ1v) is 19.5. The lowest BCUT2D eigenvalue weighted by Crippen LogP contribution is -2.06. The van der Waals surface area contributed by atoms with E-state index in [-0.39, 0.29) is 6.04 Å². The van der Waals surface area contributed by atoms with Crippen molar-refractivity contribution in [1.82, 2.24) is 0 Å². The molecule has 0 amide bonds. The Morgan fingerprint density at radius 3 is 2.09 bits per heavy atom. The highest BCUT2D eigenvalue weighted by Crippen LogP contribution is 2.41. The number of thiophene rings is 1. The Balaban J connectivity index is 1.11. The fourth-order valence-electron chi connectivity index (χ4n) is 7.86. The van der Waals surface area contributed by atoms with Crippen molar-refractivity contribution in [2.24, 2.45) is 9.98 Å². The van der Waals surface area contributed by atoms with Crippen LogP contribution in [0.1, 0.15) is 36.6 Å². The topological polar surface area (TPSA) is 37.9 Å². The van der Waals surface area contributed by atoms with Gasteiger partial charge in [-0.1, -0.05) is 146 Å². The van der Waals surface area contributed by atoms with Crippen molar-refractivity contribution < 1.29 is 4.42 Å². The zero-order valence-corrected chi connectivity index (χ0v) is 31.3. The molecule has 55 heavy (non-hydrogen) atoms. The molecule has 4 heteroatoms. The molecule has 0 aliphatic rings. The number of fused-ring (bicyclic) bond motifs is 7. The predicted octanol–water partition coefficient (Wildman–Crippen LogP) is 14.5. The predicted molar refractivity (Wildman–Crippen MR) is 235 cm³/mol. The summed E-state index contributed by atoms with van der Waals surface area (Å²) in [7, 11) is 0. The molecule has 10 aromatic rings. The molecule has 0 aliphatic heterocycles. The number of nitrogens with zero attached hydrogens (tertiary/aromatic N) is 2. The monoisotopic (exact) mass is 724 g/mol. The molecule has 10 rings (SSSR count). The Morgan fingerprint density at radius 1 is 0.545 bits per heavy atom. The lowest BCUT2D eigenvalue weighted by Gasteiger charge is -2.13. The largest absolute Gasteiger partial charge is 0.456 e. The van der Waals surface area contributed by atoms with E-state index in [2.05, 4.69) is 184 Å². The number of rotatable bonds is 6. The molecule has 0 N–H and O–H groups in total. The van der Waals surface area contributed by atoms with E-state index in [0.29, 0.717) is 5.84 Å². The van der Waals surface area contributed by atoms with Gasteiger partial charge in [0.15, 0.2) is 5.84 Å². The van der Waals surface area contributed by atoms with Crippen LogP contribution in [0.2, 0.25) is 0 Å². The average Bonchev–Trinajstić information content (AvgIpc) is 3.82. The maximum absolute atomic E-state index is 6.56. The van der Waals surface area contributed by atoms with Gasteiger partial charge in [0.2, 0.25) is 0 Å². The minimum absolute atomic E-state index is 0.120. The molecule has 0 saturated carbocycles. The van der Waals surface area contributed by atoms with Crippen LogP contribution in [0.15, 0.2) is 190 Å². The SMILES string of the molecule is C/C(=N\C(=N/C(C)c1ccc2ccccc2c1)c1ccc(-c2ccccc2)cc1)c1cccc2oc3cccc(-c4ccc5c(c4)sc4ccccc45)c3c12. The molecule has 2 aromatic heterocycles. The lowest BCUT2D eigenvalue weighted by atomic mass is 9.95. The van der Waals surface area contributed by atoms with E-state index in [0.717, 1.165) is 55.5 Å². The van der Waals surface area contributed by atoms with Crippen LogP contribution in [0.4, 0.5) is 0 Å². The summed E-state index contributed by atoms with van der Waals surface area (Å²) >= 11 is 1.84. The quantitative estimate of drug-likeness (QED) is 0.124. The lowest BCUT2D eigenvalue weighted by molar-refractivity contribution is 0.669. The molecular weight excluding hydrogens is 689 g/mol. The molecule has 0 saturated heterocycles. The Labute approximate surface area is 323 Å². The molecule has 1 atom stereocenters. The number of benzene rings is 8. The highest BCUT2D eigenvalue weighted by Gasteiger charge is 2.19. The van der Waals surface area contributed by atoms with Crippen LogP contribution in [0.3, 0.4) is 0 Å². The summed E-state index contributed by atoms with van der Waals surface area (Å²) in [4.78, 5) is 10.7. The number of amidine groups is 1. The minimum atomic E-state index is -0.120. The molecule has 8 aromatic carbocycles. The van der Waals surface area contributed by atoms with Crippen LogP contribution in [-0.2, 0) is 0 Å². The fourth-order valence-corrected chi connectivity index (χ4v) is 9.00. The molecule has 0 aliphatic carbocycles. The first kappa shape index (κ1) is 33.0. The van der Waals surface area contributed by atoms with Crippen LogP contribution < -0.4 is 0 Å². The summed E-state index contributed by atoms with van der Waals surface area (Å²) in [5, 5.41) is 7.18. The van der Waals surface area contributed by atoms with E-state index in [1.807, 2.05) is 17.4 Å². The average molecular weight is 725 g/mol. The van der Waals surface area contributed by atoms with Crippen molar-refractivity contribution in [3.8, 4) is 22.3 Å². The van der Waals surface area contributed by atoms with Crippen molar-refractivity contribution in [2.45, 2.75) is 19.9 Å². The van der Waals surface area contributed by atoms with Crippen LogP contribution in [0.25, 0.3) is 75.1 Å². The summed E-state index contributed by atoms with van der Waals surface area (Å²) in [5.74, 6) is 0.693. The zero-order chi connectivity index (χ0) is 36.9. The molecule has 262 valence electrons. The van der Waals surface area contributed by atoms with Crippen molar-refractivity contribution in [3.05, 3.63) is 193 Å². The van der Waals surface area contributed by atoms with Crippen LogP contribution in [0.5, 0.6) is 0 Å². The van der Waals surface area contributed by atoms with Crippen LogP contribution in [0, 0.1) is 0 Å². The highest BCUT2D eigenvalue weighted by atomic mass is 32.1. The second-order valence-corrected chi connectivity index (χ2v) is 15.2. The van der Waals surface area contributed by atoms with Gasteiger partial charge in [0.25, 0.3) is 0 Å². The second kappa shape index (κ2) is 13.7. The van der Waals surface area contributed by atoms with Gasteiger partial charge in [-0.15, -0.1) is 11.3 Å². The second-order valence-electron chi connectivity index (χ2n) is 14.1. The smallest absolute Gasteiger partial charge is 0.155 e. The van der Waals surface area contributed by atoms with Gasteiger partial charge in [-0.2, -0.15) is 0 Å². The standard InChI is InChI=1S/C51H36N2OS/c1-32(38-27-24-35-14-6-7-15-39(35)30-38)52-51(37-25-22-36(23-26-37)34-12-4-3-5-13-34)53-33(2)41-17-10-19-45-49(41)50-42(18-11-20-46(50)54-45)40-28-29-44-43-16-8-9-21-47(43)55-48(44)31-40/h3-32H,1-2H3/b52-51-,53-33+. The zero-order valence-electron chi connectivity index (χ0n) is 30.5. The van der Waals surface area contributed by atoms with E-state index in [1.165, 1.54) is 42.1 Å². The minimum Gasteiger partial charge on any atom is -0.456 e. The van der Waals surface area contributed by atoms with Gasteiger partial charge in [-0.3, -0.25) is 4.99 Å². The van der Waals surface area contributed by atoms with Gasteiger partial charge in [0.1, 0.15) is 11.2 Å². The first-order valence-electron chi connectivity index (χ1n) is 18.7. The van der Waals surface area contributed by atoms with Crippen molar-refractivity contribution in [1.29, 1.82) is 0 Å². The van der Waals surface area contributed by atoms with Crippen LogP contribution >= 0.6 is 11.3 Å². The van der Waals surface area contributed by atoms with Crippen LogP contribution in [-0.4, -0.2) is 11.5 Å². The van der Waals surface area contributed by atoms with Gasteiger partial charge in [-0.05, 0) is 82.8 Å². The number of hydrogen-bond acceptors (Lipinski definition) is 3. The van der Waals surface area contributed by atoms with Crippen molar-refractivity contribution >= 4 is 75.8 Å². The molecule has 0 bridgehead atoms. The summed E-state index contributed by atoms with van der Waals surface area (Å²) in [5.41, 5.74) is 10.4. The molecule has 3 nitrogen and oxygen atoms in total. The molecule has 2 heterocycles. The normalized spacial score (nSPS) is 13.1. The molecule has 0 spiro atoms. The third-order valence-electron chi connectivity index (χ3n) is 10.7. The van der Waals surface area contributed by atoms with Gasteiger partial charge >= 0.3 is 0 Å². The first-order chi connectivity index (χ1) is 27.1. The van der Waals surface area contributed by atoms with Gasteiger partial charge in [0, 0.05) is 47.8 Å².